The number of hydrogen-bond donors (Lipinski definition) is 2. The molecule has 0 radical (unpaired) electrons. The number of hydrogen-bond acceptors (Lipinski definition) is 5. The Morgan fingerprint density at radius 3 is 2.85 bits per heavy atom. The maximum Gasteiger partial charge on any atom is 0.275 e. The van der Waals surface area contributed by atoms with Gasteiger partial charge in [-0.2, -0.15) is 5.10 Å². The first-order valence-electron chi connectivity index (χ1n) is 8.35. The number of nitrogens with one attached hydrogen (secondary N) is 2. The fourth-order valence-electron chi connectivity index (χ4n) is 2.74. The van der Waals surface area contributed by atoms with E-state index < -0.39 is 11.3 Å². The Morgan fingerprint density at radius 2 is 2.12 bits per heavy atom. The summed E-state index contributed by atoms with van der Waals surface area (Å²) in [7, 11) is 0. The van der Waals surface area contributed by atoms with Gasteiger partial charge in [0.05, 0.1) is 12.7 Å². The van der Waals surface area contributed by atoms with Gasteiger partial charge in [0.25, 0.3) is 11.8 Å². The van der Waals surface area contributed by atoms with Gasteiger partial charge in [-0.1, -0.05) is 18.2 Å². The Kier molecular flexibility index (Phi) is 5.43. The molecule has 2 heterocycles. The van der Waals surface area contributed by atoms with Crippen LogP contribution < -0.4 is 10.7 Å². The van der Waals surface area contributed by atoms with Gasteiger partial charge in [-0.25, -0.2) is 0 Å². The van der Waals surface area contributed by atoms with Crippen LogP contribution in [0.15, 0.2) is 41.2 Å². The maximum absolute atomic E-state index is 12.5. The van der Waals surface area contributed by atoms with Crippen LogP contribution >= 0.6 is 0 Å². The highest BCUT2D eigenvalue weighted by atomic mass is 16.5. The molecule has 2 amide bonds. The fourth-order valence-corrected chi connectivity index (χ4v) is 2.74. The van der Waals surface area contributed by atoms with E-state index in [1.165, 1.54) is 6.07 Å². The minimum Gasteiger partial charge on any atom is -0.373 e. The van der Waals surface area contributed by atoms with Crippen LogP contribution in [0.3, 0.4) is 0 Å². The third-order valence-corrected chi connectivity index (χ3v) is 4.08. The Bertz CT molecular complexity index is 850. The molecule has 1 aliphatic heterocycles. The lowest BCUT2D eigenvalue weighted by Crippen LogP contribution is -2.50. The first-order valence-corrected chi connectivity index (χ1v) is 8.35. The number of benzene rings is 1. The monoisotopic (exact) mass is 356 g/mol. The molecule has 26 heavy (non-hydrogen) atoms. The van der Waals surface area contributed by atoms with Crippen molar-refractivity contribution >= 4 is 11.8 Å². The summed E-state index contributed by atoms with van der Waals surface area (Å²) >= 11 is 0. The molecule has 2 N–H and O–H groups in total. The molecule has 1 aromatic carbocycles. The van der Waals surface area contributed by atoms with Crippen LogP contribution in [-0.4, -0.2) is 59.3 Å². The van der Waals surface area contributed by atoms with Gasteiger partial charge in [-0.05, 0) is 19.1 Å². The number of carbonyl (C=O) groups is 2. The Balaban J connectivity index is 1.57. The van der Waals surface area contributed by atoms with Gasteiger partial charge in [-0.15, -0.1) is 0 Å². The summed E-state index contributed by atoms with van der Waals surface area (Å²) in [6.45, 7) is 3.13. The van der Waals surface area contributed by atoms with Crippen LogP contribution in [0.4, 0.5) is 0 Å². The molecule has 8 nitrogen and oxygen atoms in total. The number of aromatic amines is 1. The maximum atomic E-state index is 12.5. The molecule has 0 saturated carbocycles. The summed E-state index contributed by atoms with van der Waals surface area (Å²) in [5.41, 5.74) is 0.567. The van der Waals surface area contributed by atoms with Gasteiger partial charge in [0, 0.05) is 37.0 Å². The average molecular weight is 356 g/mol. The Labute approximate surface area is 150 Å². The molecule has 1 saturated heterocycles. The Morgan fingerprint density at radius 1 is 1.35 bits per heavy atom. The van der Waals surface area contributed by atoms with Crippen molar-refractivity contribution in [2.75, 3.05) is 26.2 Å². The number of H-pyrrole nitrogens is 1. The topological polar surface area (TPSA) is 104 Å². The van der Waals surface area contributed by atoms with Crippen molar-refractivity contribution in [1.82, 2.24) is 20.4 Å². The molecule has 0 aliphatic carbocycles. The zero-order valence-electron chi connectivity index (χ0n) is 14.4. The SMILES string of the molecule is Cc1cc(=O)c(C(=O)NCC2CN(C(=O)c3ccccc3)CCO2)n[nH]1. The van der Waals surface area contributed by atoms with Gasteiger partial charge < -0.3 is 15.0 Å². The van der Waals surface area contributed by atoms with Crippen LogP contribution in [0.1, 0.15) is 26.5 Å². The minimum atomic E-state index is -0.568. The fraction of sp³-hybridized carbons (Fsp3) is 0.333. The lowest BCUT2D eigenvalue weighted by molar-refractivity contribution is -0.0197. The quantitative estimate of drug-likeness (QED) is 0.823. The molecular weight excluding hydrogens is 336 g/mol. The number of amides is 2. The smallest absolute Gasteiger partial charge is 0.275 e. The van der Waals surface area contributed by atoms with Gasteiger partial charge in [-0.3, -0.25) is 19.5 Å². The van der Waals surface area contributed by atoms with Crippen LogP contribution in [0, 0.1) is 6.92 Å². The molecule has 1 aromatic heterocycles. The van der Waals surface area contributed by atoms with Crippen molar-refractivity contribution in [1.29, 1.82) is 0 Å². The molecule has 2 aromatic rings. The van der Waals surface area contributed by atoms with Gasteiger partial charge in [0.1, 0.15) is 0 Å². The third-order valence-electron chi connectivity index (χ3n) is 4.08. The van der Waals surface area contributed by atoms with E-state index in [1.54, 1.807) is 24.0 Å². The van der Waals surface area contributed by atoms with Crippen molar-refractivity contribution in [2.45, 2.75) is 13.0 Å². The molecule has 1 atom stereocenters. The number of nitrogens with zero attached hydrogens (tertiary/aromatic N) is 2. The van der Waals surface area contributed by atoms with E-state index in [4.69, 9.17) is 4.74 Å². The van der Waals surface area contributed by atoms with Crippen LogP contribution in [0.25, 0.3) is 0 Å². The first-order chi connectivity index (χ1) is 12.5. The summed E-state index contributed by atoms with van der Waals surface area (Å²) < 4.78 is 5.61. The second-order valence-electron chi connectivity index (χ2n) is 6.08. The molecule has 8 heteroatoms. The summed E-state index contributed by atoms with van der Waals surface area (Å²) in [6.07, 6.45) is -0.343. The van der Waals surface area contributed by atoms with Gasteiger partial charge in [0.15, 0.2) is 5.69 Å². The number of rotatable bonds is 4. The van der Waals surface area contributed by atoms with Crippen molar-refractivity contribution in [3.8, 4) is 0 Å². The highest BCUT2D eigenvalue weighted by Crippen LogP contribution is 2.10. The van der Waals surface area contributed by atoms with Crippen molar-refractivity contribution in [3.05, 3.63) is 63.6 Å². The lowest BCUT2D eigenvalue weighted by Gasteiger charge is -2.33. The van der Waals surface area contributed by atoms with Crippen molar-refractivity contribution < 1.29 is 14.3 Å². The molecule has 0 spiro atoms. The van der Waals surface area contributed by atoms with Crippen LogP contribution in [-0.2, 0) is 4.74 Å². The van der Waals surface area contributed by atoms with Crippen LogP contribution in [0.2, 0.25) is 0 Å². The number of morpholine rings is 1. The van der Waals surface area contributed by atoms with E-state index in [9.17, 15) is 14.4 Å². The molecule has 1 fully saturated rings. The second kappa shape index (κ2) is 7.92. The van der Waals surface area contributed by atoms with E-state index in [0.29, 0.717) is 31.0 Å². The van der Waals surface area contributed by atoms with E-state index in [-0.39, 0.29) is 24.2 Å². The first kappa shape index (κ1) is 17.8. The number of aromatic nitrogens is 2. The average Bonchev–Trinajstić information content (AvgIpc) is 2.66. The number of ether oxygens (including phenoxy) is 1. The third kappa shape index (κ3) is 4.15. The van der Waals surface area contributed by atoms with E-state index >= 15 is 0 Å². The largest absolute Gasteiger partial charge is 0.373 e. The highest BCUT2D eigenvalue weighted by Gasteiger charge is 2.25. The van der Waals surface area contributed by atoms with E-state index in [2.05, 4.69) is 15.5 Å². The van der Waals surface area contributed by atoms with Crippen molar-refractivity contribution in [3.63, 3.8) is 0 Å². The number of aryl methyl sites for hydroxylation is 1. The second-order valence-corrected chi connectivity index (χ2v) is 6.08. The molecular formula is C18H20N4O4. The van der Waals surface area contributed by atoms with Gasteiger partial charge >= 0.3 is 0 Å². The van der Waals surface area contributed by atoms with Crippen molar-refractivity contribution in [2.24, 2.45) is 0 Å². The molecule has 1 unspecified atom stereocenters. The van der Waals surface area contributed by atoms with E-state index in [0.717, 1.165) is 0 Å². The molecule has 1 aliphatic rings. The summed E-state index contributed by atoms with van der Waals surface area (Å²) in [5, 5.41) is 9.02. The minimum absolute atomic E-state index is 0.0677. The predicted octanol–water partition coefficient (Wildman–Crippen LogP) is 0.349. The standard InChI is InChI=1S/C18H20N4O4/c1-12-9-15(23)16(21-20-12)17(24)19-10-14-11-22(7-8-26-14)18(25)13-5-3-2-4-6-13/h2-6,9,14H,7-8,10-11H2,1H3,(H,19,24)(H,20,23). The van der Waals surface area contributed by atoms with Crippen LogP contribution in [0.5, 0.6) is 0 Å². The van der Waals surface area contributed by atoms with Gasteiger partial charge in [0.2, 0.25) is 5.43 Å². The zero-order valence-corrected chi connectivity index (χ0v) is 14.4. The molecule has 3 rings (SSSR count). The Hall–Kier alpha value is -3.00. The molecule has 136 valence electrons. The predicted molar refractivity (Wildman–Crippen MR) is 94.0 cm³/mol. The highest BCUT2D eigenvalue weighted by molar-refractivity contribution is 5.94. The summed E-state index contributed by atoms with van der Waals surface area (Å²) in [4.78, 5) is 38.1. The zero-order chi connectivity index (χ0) is 18.5. The van der Waals surface area contributed by atoms with E-state index in [1.807, 2.05) is 18.2 Å². The summed E-state index contributed by atoms with van der Waals surface area (Å²) in [6, 6.07) is 10.3. The number of carbonyl (C=O) groups excluding carboxylic acids is 2. The summed E-state index contributed by atoms with van der Waals surface area (Å²) in [5.74, 6) is -0.636. The lowest BCUT2D eigenvalue weighted by atomic mass is 10.1. The normalized spacial score (nSPS) is 17.0. The molecule has 0 bridgehead atoms.